The molecule has 48 heavy (non-hydrogen) atoms. The summed E-state index contributed by atoms with van der Waals surface area (Å²) < 4.78 is 0. The van der Waals surface area contributed by atoms with Gasteiger partial charge in [0.05, 0.1) is 0 Å². The lowest BCUT2D eigenvalue weighted by atomic mass is 9.82. The van der Waals surface area contributed by atoms with Crippen LogP contribution in [0.2, 0.25) is 0 Å². The predicted octanol–water partition coefficient (Wildman–Crippen LogP) is 12.1. The van der Waals surface area contributed by atoms with E-state index >= 15 is 0 Å². The minimum absolute atomic E-state index is 0.0745. The molecule has 0 radical (unpaired) electrons. The van der Waals surface area contributed by atoms with E-state index in [2.05, 4.69) is 211 Å². The van der Waals surface area contributed by atoms with E-state index in [0.717, 1.165) is 47.0 Å². The van der Waals surface area contributed by atoms with E-state index in [1.807, 2.05) is 0 Å². The highest BCUT2D eigenvalue weighted by Gasteiger charge is 2.23. The summed E-state index contributed by atoms with van der Waals surface area (Å²) >= 11 is 0. The van der Waals surface area contributed by atoms with Crippen LogP contribution in [0.3, 0.4) is 0 Å². The van der Waals surface area contributed by atoms with E-state index in [4.69, 9.17) is 0 Å². The van der Waals surface area contributed by atoms with Crippen LogP contribution in [0, 0.1) is 0 Å². The van der Waals surface area contributed by atoms with Crippen molar-refractivity contribution in [2.75, 3.05) is 47.8 Å². The SMILES string of the molecule is CCC(C)(C)c1cccc(N(c2ccc(N(C)C)cc2)c2cccc(N(c3ccc(N(C)C)cc3)c3cccc(C(C)(C)CC)c3)c2)c1. The Morgan fingerprint density at radius 2 is 0.667 bits per heavy atom. The lowest BCUT2D eigenvalue weighted by Gasteiger charge is -2.32. The van der Waals surface area contributed by atoms with Gasteiger partial charge in [-0.05, 0) is 126 Å². The van der Waals surface area contributed by atoms with Gasteiger partial charge >= 0.3 is 0 Å². The Balaban J connectivity index is 1.70. The lowest BCUT2D eigenvalue weighted by molar-refractivity contribution is 0.506. The first-order valence-corrected chi connectivity index (χ1v) is 17.3. The van der Waals surface area contributed by atoms with Gasteiger partial charge in [-0.1, -0.05) is 71.9 Å². The Morgan fingerprint density at radius 1 is 0.375 bits per heavy atom. The zero-order valence-corrected chi connectivity index (χ0v) is 30.8. The molecule has 0 amide bonds. The molecule has 5 aromatic carbocycles. The van der Waals surface area contributed by atoms with Crippen LogP contribution in [-0.4, -0.2) is 28.2 Å². The average molecular weight is 639 g/mol. The largest absolute Gasteiger partial charge is 0.378 e. The van der Waals surface area contributed by atoms with E-state index in [-0.39, 0.29) is 10.8 Å². The van der Waals surface area contributed by atoms with Crippen molar-refractivity contribution in [3.05, 3.63) is 132 Å². The summed E-state index contributed by atoms with van der Waals surface area (Å²) in [5.74, 6) is 0. The van der Waals surface area contributed by atoms with Crippen LogP contribution in [0.1, 0.15) is 65.5 Å². The van der Waals surface area contributed by atoms with E-state index in [0.29, 0.717) is 0 Å². The fourth-order valence-corrected chi connectivity index (χ4v) is 6.01. The van der Waals surface area contributed by atoms with Crippen LogP contribution < -0.4 is 19.6 Å². The molecule has 0 heterocycles. The fraction of sp³-hybridized carbons (Fsp3) is 0.318. The molecule has 0 atom stereocenters. The molecule has 0 saturated carbocycles. The maximum absolute atomic E-state index is 2.39. The van der Waals surface area contributed by atoms with Gasteiger partial charge in [0, 0.05) is 73.7 Å². The van der Waals surface area contributed by atoms with Crippen molar-refractivity contribution in [3.8, 4) is 0 Å². The van der Waals surface area contributed by atoms with Crippen molar-refractivity contribution < 1.29 is 0 Å². The molecule has 0 saturated heterocycles. The molecule has 0 bridgehead atoms. The van der Waals surface area contributed by atoms with Crippen LogP contribution in [0.25, 0.3) is 0 Å². The minimum Gasteiger partial charge on any atom is -0.378 e. The highest BCUT2D eigenvalue weighted by molar-refractivity contribution is 5.84. The van der Waals surface area contributed by atoms with Crippen molar-refractivity contribution >= 4 is 45.5 Å². The third-order valence-corrected chi connectivity index (χ3v) is 10.1. The summed E-state index contributed by atoms with van der Waals surface area (Å²) in [5, 5.41) is 0. The fourth-order valence-electron chi connectivity index (χ4n) is 6.01. The second-order valence-electron chi connectivity index (χ2n) is 14.6. The zero-order valence-electron chi connectivity index (χ0n) is 30.8. The van der Waals surface area contributed by atoms with Crippen molar-refractivity contribution in [2.24, 2.45) is 0 Å². The van der Waals surface area contributed by atoms with Gasteiger partial charge in [0.1, 0.15) is 0 Å². The van der Waals surface area contributed by atoms with Gasteiger partial charge in [-0.15, -0.1) is 0 Å². The molecule has 250 valence electrons. The molecule has 0 aliphatic carbocycles. The van der Waals surface area contributed by atoms with Crippen molar-refractivity contribution in [2.45, 2.75) is 65.2 Å². The number of benzene rings is 5. The number of anilines is 8. The molecular formula is C44H54N4. The highest BCUT2D eigenvalue weighted by Crippen LogP contribution is 2.43. The Bertz CT molecular complexity index is 1670. The Kier molecular flexibility index (Phi) is 10.2. The minimum atomic E-state index is 0.0745. The molecule has 0 aliphatic heterocycles. The molecule has 0 N–H and O–H groups in total. The molecule has 0 spiro atoms. The highest BCUT2D eigenvalue weighted by atomic mass is 15.2. The first-order valence-electron chi connectivity index (χ1n) is 17.3. The number of nitrogens with zero attached hydrogens (tertiary/aromatic N) is 4. The van der Waals surface area contributed by atoms with Crippen molar-refractivity contribution in [1.29, 1.82) is 0 Å². The topological polar surface area (TPSA) is 13.0 Å². The maximum Gasteiger partial charge on any atom is 0.0482 e. The summed E-state index contributed by atoms with van der Waals surface area (Å²) in [7, 11) is 8.34. The Morgan fingerprint density at radius 3 is 0.979 bits per heavy atom. The first kappa shape index (κ1) is 34.6. The molecule has 0 aromatic heterocycles. The monoisotopic (exact) mass is 638 g/mol. The lowest BCUT2D eigenvalue weighted by Crippen LogP contribution is -2.18. The molecule has 5 aromatic rings. The van der Waals surface area contributed by atoms with Crippen LogP contribution in [-0.2, 0) is 10.8 Å². The van der Waals surface area contributed by atoms with Crippen molar-refractivity contribution in [1.82, 2.24) is 0 Å². The summed E-state index contributed by atoms with van der Waals surface area (Å²) in [6, 6.07) is 44.8. The summed E-state index contributed by atoms with van der Waals surface area (Å²) in [5.41, 5.74) is 11.9. The molecule has 5 rings (SSSR count). The maximum atomic E-state index is 2.39. The summed E-state index contributed by atoms with van der Waals surface area (Å²) in [4.78, 5) is 9.07. The Labute approximate surface area is 290 Å². The van der Waals surface area contributed by atoms with E-state index in [1.54, 1.807) is 0 Å². The van der Waals surface area contributed by atoms with Gasteiger partial charge in [-0.2, -0.15) is 0 Å². The van der Waals surface area contributed by atoms with Gasteiger partial charge in [0.25, 0.3) is 0 Å². The first-order chi connectivity index (χ1) is 22.8. The molecule has 4 nitrogen and oxygen atoms in total. The Hall–Kier alpha value is -4.70. The third kappa shape index (κ3) is 7.39. The molecule has 0 aliphatic rings. The van der Waals surface area contributed by atoms with E-state index in [1.165, 1.54) is 22.5 Å². The van der Waals surface area contributed by atoms with Crippen LogP contribution in [0.5, 0.6) is 0 Å². The molecule has 0 fully saturated rings. The van der Waals surface area contributed by atoms with Gasteiger partial charge in [-0.3, -0.25) is 0 Å². The second-order valence-corrected chi connectivity index (χ2v) is 14.6. The average Bonchev–Trinajstić information content (AvgIpc) is 3.09. The van der Waals surface area contributed by atoms with E-state index in [9.17, 15) is 0 Å². The van der Waals surface area contributed by atoms with Crippen LogP contribution in [0.4, 0.5) is 45.5 Å². The van der Waals surface area contributed by atoms with E-state index < -0.39 is 0 Å². The van der Waals surface area contributed by atoms with Gasteiger partial charge in [0.2, 0.25) is 0 Å². The number of rotatable bonds is 12. The van der Waals surface area contributed by atoms with Gasteiger partial charge in [0.15, 0.2) is 0 Å². The third-order valence-electron chi connectivity index (χ3n) is 10.1. The normalized spacial score (nSPS) is 11.7. The van der Waals surface area contributed by atoms with Crippen LogP contribution >= 0.6 is 0 Å². The van der Waals surface area contributed by atoms with Crippen LogP contribution in [0.15, 0.2) is 121 Å². The molecular weight excluding hydrogens is 585 g/mol. The number of hydrogen-bond donors (Lipinski definition) is 0. The van der Waals surface area contributed by atoms with Gasteiger partial charge < -0.3 is 19.6 Å². The molecule has 0 unspecified atom stereocenters. The number of hydrogen-bond acceptors (Lipinski definition) is 4. The summed E-state index contributed by atoms with van der Waals surface area (Å²) in [6.45, 7) is 13.9. The molecule has 4 heteroatoms. The van der Waals surface area contributed by atoms with Gasteiger partial charge in [-0.25, -0.2) is 0 Å². The standard InChI is InChI=1S/C44H54N4/c1-11-43(3,4)33-16-13-18-39(30-33)47(37-26-22-35(23-27-37)45(7)8)41-20-15-21-42(32-41)48(38-28-24-36(25-29-38)46(9)10)40-19-14-17-34(31-40)44(5,6)12-2/h13-32H,11-12H2,1-10H3. The quantitative estimate of drug-likeness (QED) is 0.135. The second kappa shape index (κ2) is 14.2. The smallest absolute Gasteiger partial charge is 0.0482 e. The summed E-state index contributed by atoms with van der Waals surface area (Å²) in [6.07, 6.45) is 2.14. The van der Waals surface area contributed by atoms with Crippen molar-refractivity contribution in [3.63, 3.8) is 0 Å². The predicted molar refractivity (Wildman–Crippen MR) is 211 cm³/mol. The zero-order chi connectivity index (χ0) is 34.6.